The zero-order valence-electron chi connectivity index (χ0n) is 15.3. The molecule has 0 unspecified atom stereocenters. The van der Waals surface area contributed by atoms with Crippen molar-refractivity contribution in [1.29, 1.82) is 0 Å². The standard InChI is InChI=1S/C20H26FNO4/c1-13-4-3-5-17(14(13)2)22-19(24)12-26-20(25)11-10-18(23)15-6-8-16(21)9-7-15/h6-9,13-14,17H,3-5,10-12H2,1-2H3,(H,22,24)/t13-,14+,17+/m0/s1. The molecule has 1 aliphatic carbocycles. The van der Waals surface area contributed by atoms with Crippen molar-refractivity contribution in [2.45, 2.75) is 52.0 Å². The molecule has 1 saturated carbocycles. The topological polar surface area (TPSA) is 72.5 Å². The van der Waals surface area contributed by atoms with Crippen LogP contribution in [0, 0.1) is 17.7 Å². The number of rotatable bonds is 7. The number of hydrogen-bond donors (Lipinski definition) is 1. The van der Waals surface area contributed by atoms with E-state index in [4.69, 9.17) is 4.74 Å². The van der Waals surface area contributed by atoms with Gasteiger partial charge in [0.2, 0.25) is 0 Å². The Hall–Kier alpha value is -2.24. The molecule has 0 bridgehead atoms. The highest BCUT2D eigenvalue weighted by Gasteiger charge is 2.28. The SMILES string of the molecule is C[C@@H]1[C@@H](C)CCC[C@H]1NC(=O)COC(=O)CCC(=O)c1ccc(F)cc1. The van der Waals surface area contributed by atoms with Gasteiger partial charge in [-0.2, -0.15) is 0 Å². The summed E-state index contributed by atoms with van der Waals surface area (Å²) in [5.74, 6) is -0.634. The van der Waals surface area contributed by atoms with E-state index in [-0.39, 0.29) is 37.2 Å². The summed E-state index contributed by atoms with van der Waals surface area (Å²) in [7, 11) is 0. The van der Waals surface area contributed by atoms with Crippen LogP contribution in [0.5, 0.6) is 0 Å². The number of Topliss-reactive ketones (excluding diaryl/α,β-unsaturated/α-hetero) is 1. The summed E-state index contributed by atoms with van der Waals surface area (Å²) in [4.78, 5) is 35.6. The summed E-state index contributed by atoms with van der Waals surface area (Å²) in [5, 5.41) is 2.93. The lowest BCUT2D eigenvalue weighted by molar-refractivity contribution is -0.148. The summed E-state index contributed by atoms with van der Waals surface area (Å²) in [6.07, 6.45) is 3.05. The van der Waals surface area contributed by atoms with Crippen LogP contribution in [0.25, 0.3) is 0 Å². The van der Waals surface area contributed by atoms with Gasteiger partial charge in [-0.3, -0.25) is 14.4 Å². The van der Waals surface area contributed by atoms with Crippen molar-refractivity contribution in [2.75, 3.05) is 6.61 Å². The molecule has 3 atom stereocenters. The Balaban J connectivity index is 1.68. The van der Waals surface area contributed by atoms with E-state index in [1.807, 2.05) is 0 Å². The van der Waals surface area contributed by atoms with Gasteiger partial charge in [0.25, 0.3) is 5.91 Å². The maximum absolute atomic E-state index is 12.8. The van der Waals surface area contributed by atoms with Gasteiger partial charge >= 0.3 is 5.97 Å². The Bertz CT molecular complexity index is 644. The van der Waals surface area contributed by atoms with Crippen molar-refractivity contribution in [3.8, 4) is 0 Å². The first-order valence-electron chi connectivity index (χ1n) is 9.10. The van der Waals surface area contributed by atoms with Crippen LogP contribution >= 0.6 is 0 Å². The second-order valence-electron chi connectivity index (χ2n) is 7.03. The van der Waals surface area contributed by atoms with E-state index in [1.54, 1.807) is 0 Å². The lowest BCUT2D eigenvalue weighted by atomic mass is 9.78. The first-order valence-corrected chi connectivity index (χ1v) is 9.10. The summed E-state index contributed by atoms with van der Waals surface area (Å²) in [6.45, 7) is 3.98. The van der Waals surface area contributed by atoms with Gasteiger partial charge in [0, 0.05) is 18.0 Å². The van der Waals surface area contributed by atoms with Crippen LogP contribution in [-0.2, 0) is 14.3 Å². The lowest BCUT2D eigenvalue weighted by Crippen LogP contribution is -2.45. The molecule has 0 aliphatic heterocycles. The first-order chi connectivity index (χ1) is 12.4. The molecule has 0 aromatic heterocycles. The van der Waals surface area contributed by atoms with Gasteiger partial charge in [-0.05, 0) is 42.5 Å². The number of halogens is 1. The van der Waals surface area contributed by atoms with Gasteiger partial charge in [0.1, 0.15) is 5.82 Å². The second kappa shape index (κ2) is 9.46. The summed E-state index contributed by atoms with van der Waals surface area (Å²) >= 11 is 0. The molecule has 0 heterocycles. The minimum absolute atomic E-state index is 0.0384. The Morgan fingerprint density at radius 1 is 1.12 bits per heavy atom. The van der Waals surface area contributed by atoms with Crippen molar-refractivity contribution in [3.63, 3.8) is 0 Å². The van der Waals surface area contributed by atoms with Crippen molar-refractivity contribution in [3.05, 3.63) is 35.6 Å². The number of esters is 1. The quantitative estimate of drug-likeness (QED) is 0.596. The maximum atomic E-state index is 12.8. The summed E-state index contributed by atoms with van der Waals surface area (Å²) in [6, 6.07) is 5.27. The minimum Gasteiger partial charge on any atom is -0.456 e. The number of amides is 1. The van der Waals surface area contributed by atoms with E-state index in [2.05, 4.69) is 19.2 Å². The molecule has 1 fully saturated rings. The van der Waals surface area contributed by atoms with Gasteiger partial charge in [-0.1, -0.05) is 26.7 Å². The molecular formula is C20H26FNO4. The molecular weight excluding hydrogens is 337 g/mol. The van der Waals surface area contributed by atoms with Crippen molar-refractivity contribution in [1.82, 2.24) is 5.32 Å². The summed E-state index contributed by atoms with van der Waals surface area (Å²) < 4.78 is 17.8. The number of carbonyl (C=O) groups excluding carboxylic acids is 3. The molecule has 1 aliphatic rings. The van der Waals surface area contributed by atoms with Gasteiger partial charge in [-0.25, -0.2) is 4.39 Å². The number of nitrogens with one attached hydrogen (secondary N) is 1. The Morgan fingerprint density at radius 3 is 2.50 bits per heavy atom. The van der Waals surface area contributed by atoms with E-state index in [0.29, 0.717) is 17.4 Å². The van der Waals surface area contributed by atoms with Gasteiger partial charge in [-0.15, -0.1) is 0 Å². The third-order valence-corrected chi connectivity index (χ3v) is 5.14. The number of ether oxygens (including phenoxy) is 1. The Labute approximate surface area is 153 Å². The monoisotopic (exact) mass is 363 g/mol. The van der Waals surface area contributed by atoms with E-state index in [9.17, 15) is 18.8 Å². The third-order valence-electron chi connectivity index (χ3n) is 5.14. The molecule has 142 valence electrons. The highest BCUT2D eigenvalue weighted by molar-refractivity contribution is 5.97. The van der Waals surface area contributed by atoms with Crippen molar-refractivity contribution >= 4 is 17.7 Å². The van der Waals surface area contributed by atoms with Crippen molar-refractivity contribution < 1.29 is 23.5 Å². The van der Waals surface area contributed by atoms with Gasteiger partial charge < -0.3 is 10.1 Å². The highest BCUT2D eigenvalue weighted by Crippen LogP contribution is 2.29. The Kier molecular flexibility index (Phi) is 7.30. The fraction of sp³-hybridized carbons (Fsp3) is 0.550. The fourth-order valence-corrected chi connectivity index (χ4v) is 3.25. The van der Waals surface area contributed by atoms with Crippen LogP contribution in [0.4, 0.5) is 4.39 Å². The van der Waals surface area contributed by atoms with E-state index < -0.39 is 11.8 Å². The fourth-order valence-electron chi connectivity index (χ4n) is 3.25. The molecule has 26 heavy (non-hydrogen) atoms. The summed E-state index contributed by atoms with van der Waals surface area (Å²) in [5.41, 5.74) is 0.345. The lowest BCUT2D eigenvalue weighted by Gasteiger charge is -2.34. The number of ketones is 1. The molecule has 6 heteroatoms. The minimum atomic E-state index is -0.597. The average molecular weight is 363 g/mol. The Morgan fingerprint density at radius 2 is 1.81 bits per heavy atom. The third kappa shape index (κ3) is 5.93. The average Bonchev–Trinajstić information content (AvgIpc) is 2.62. The van der Waals surface area contributed by atoms with Crippen LogP contribution in [0.15, 0.2) is 24.3 Å². The largest absolute Gasteiger partial charge is 0.456 e. The number of benzene rings is 1. The van der Waals surface area contributed by atoms with Crippen molar-refractivity contribution in [2.24, 2.45) is 11.8 Å². The molecule has 0 spiro atoms. The predicted molar refractivity (Wildman–Crippen MR) is 95.0 cm³/mol. The van der Waals surface area contributed by atoms with Crippen LogP contribution in [0.2, 0.25) is 0 Å². The molecule has 0 saturated heterocycles. The normalized spacial score (nSPS) is 22.5. The van der Waals surface area contributed by atoms with Crippen LogP contribution in [0.3, 0.4) is 0 Å². The van der Waals surface area contributed by atoms with E-state index in [1.165, 1.54) is 30.7 Å². The molecule has 5 nitrogen and oxygen atoms in total. The zero-order valence-corrected chi connectivity index (χ0v) is 15.3. The van der Waals surface area contributed by atoms with Crippen LogP contribution in [0.1, 0.15) is 56.3 Å². The van der Waals surface area contributed by atoms with Gasteiger partial charge in [0.05, 0.1) is 6.42 Å². The van der Waals surface area contributed by atoms with Crippen LogP contribution in [-0.4, -0.2) is 30.3 Å². The van der Waals surface area contributed by atoms with Gasteiger partial charge in [0.15, 0.2) is 12.4 Å². The van der Waals surface area contributed by atoms with E-state index in [0.717, 1.165) is 12.8 Å². The highest BCUT2D eigenvalue weighted by atomic mass is 19.1. The first kappa shape index (κ1) is 20.1. The smallest absolute Gasteiger partial charge is 0.306 e. The molecule has 1 amide bonds. The predicted octanol–water partition coefficient (Wildman–Crippen LogP) is 3.27. The molecule has 2 rings (SSSR count). The second-order valence-corrected chi connectivity index (χ2v) is 7.03. The molecule has 1 N–H and O–H groups in total. The van der Waals surface area contributed by atoms with E-state index >= 15 is 0 Å². The molecule has 0 radical (unpaired) electrons. The maximum Gasteiger partial charge on any atom is 0.306 e. The molecule has 1 aromatic rings. The zero-order chi connectivity index (χ0) is 19.1. The van der Waals surface area contributed by atoms with Crippen LogP contribution < -0.4 is 5.32 Å². The number of hydrogen-bond acceptors (Lipinski definition) is 4. The molecule has 1 aromatic carbocycles. The number of carbonyl (C=O) groups is 3.